The smallest absolute Gasteiger partial charge is 0.412 e. The molecule has 0 unspecified atom stereocenters. The fourth-order valence-corrected chi connectivity index (χ4v) is 2.33. The Labute approximate surface area is 156 Å². The molecular formula is C21H17NO5. The molecule has 0 bridgehead atoms. The summed E-state index contributed by atoms with van der Waals surface area (Å²) < 4.78 is 10.9. The van der Waals surface area contributed by atoms with Gasteiger partial charge in [0.15, 0.2) is 5.75 Å². The van der Waals surface area contributed by atoms with Gasteiger partial charge in [0, 0.05) is 0 Å². The van der Waals surface area contributed by atoms with E-state index in [1.807, 2.05) is 48.5 Å². The van der Waals surface area contributed by atoms with Crippen molar-refractivity contribution in [3.63, 3.8) is 0 Å². The van der Waals surface area contributed by atoms with E-state index in [9.17, 15) is 14.7 Å². The zero-order chi connectivity index (χ0) is 19.1. The van der Waals surface area contributed by atoms with Gasteiger partial charge in [0.25, 0.3) is 0 Å². The minimum atomic E-state index is -1.11. The first-order valence-electron chi connectivity index (χ1n) is 8.20. The molecule has 0 heterocycles. The molecule has 0 atom stereocenters. The van der Waals surface area contributed by atoms with Crippen LogP contribution in [0.25, 0.3) is 0 Å². The Bertz CT molecular complexity index is 926. The summed E-state index contributed by atoms with van der Waals surface area (Å²) in [6.45, 7) is 0.0974. The van der Waals surface area contributed by atoms with Crippen LogP contribution in [0.15, 0.2) is 78.9 Å². The molecule has 136 valence electrons. The van der Waals surface area contributed by atoms with Crippen molar-refractivity contribution in [2.45, 2.75) is 6.61 Å². The number of hydrogen-bond donors (Lipinski definition) is 2. The average Bonchev–Trinajstić information content (AvgIpc) is 2.69. The van der Waals surface area contributed by atoms with E-state index >= 15 is 0 Å². The molecule has 6 heteroatoms. The van der Waals surface area contributed by atoms with Gasteiger partial charge in [-0.15, -0.1) is 0 Å². The maximum absolute atomic E-state index is 12.1. The highest BCUT2D eigenvalue weighted by atomic mass is 16.5. The highest BCUT2D eigenvalue weighted by molar-refractivity contribution is 5.93. The van der Waals surface area contributed by atoms with Crippen LogP contribution in [0.5, 0.6) is 11.5 Å². The molecule has 0 saturated carbocycles. The van der Waals surface area contributed by atoms with E-state index in [0.29, 0.717) is 11.5 Å². The Morgan fingerprint density at radius 3 is 2.22 bits per heavy atom. The number of ether oxygens (including phenoxy) is 2. The molecular weight excluding hydrogens is 346 g/mol. The molecule has 2 N–H and O–H groups in total. The Morgan fingerprint density at radius 2 is 1.56 bits per heavy atom. The third kappa shape index (κ3) is 5.09. The van der Waals surface area contributed by atoms with Crippen molar-refractivity contribution in [3.8, 4) is 11.5 Å². The summed E-state index contributed by atoms with van der Waals surface area (Å²) in [5.41, 5.74) is 1.07. The van der Waals surface area contributed by atoms with Gasteiger partial charge in [-0.3, -0.25) is 5.32 Å². The fraction of sp³-hybridized carbons (Fsp3) is 0.0476. The van der Waals surface area contributed by atoms with Crippen LogP contribution in [0.1, 0.15) is 15.9 Å². The molecule has 0 aromatic heterocycles. The number of carbonyl (C=O) groups excluding carboxylic acids is 1. The predicted molar refractivity (Wildman–Crippen MR) is 100 cm³/mol. The lowest BCUT2D eigenvalue weighted by atomic mass is 10.2. The summed E-state index contributed by atoms with van der Waals surface area (Å²) >= 11 is 0. The average molecular weight is 363 g/mol. The fourth-order valence-electron chi connectivity index (χ4n) is 2.33. The molecule has 3 aromatic carbocycles. The molecule has 0 spiro atoms. The molecule has 0 aliphatic rings. The number of rotatable bonds is 6. The number of para-hydroxylation sites is 1. The van der Waals surface area contributed by atoms with Crippen molar-refractivity contribution >= 4 is 17.7 Å². The van der Waals surface area contributed by atoms with Crippen molar-refractivity contribution < 1.29 is 24.2 Å². The molecule has 0 radical (unpaired) electrons. The van der Waals surface area contributed by atoms with Gasteiger partial charge in [0.05, 0.1) is 11.3 Å². The zero-order valence-electron chi connectivity index (χ0n) is 14.3. The highest BCUT2D eigenvalue weighted by Crippen LogP contribution is 2.30. The number of carboxylic acids is 1. The Morgan fingerprint density at radius 1 is 0.889 bits per heavy atom. The first-order valence-corrected chi connectivity index (χ1v) is 8.20. The molecule has 1 amide bonds. The summed E-state index contributed by atoms with van der Waals surface area (Å²) in [4.78, 5) is 23.4. The third-order valence-electron chi connectivity index (χ3n) is 3.65. The van der Waals surface area contributed by atoms with Crippen molar-refractivity contribution in [3.05, 3.63) is 90.0 Å². The van der Waals surface area contributed by atoms with Crippen LogP contribution >= 0.6 is 0 Å². The van der Waals surface area contributed by atoms with E-state index in [1.165, 1.54) is 18.2 Å². The molecule has 27 heavy (non-hydrogen) atoms. The highest BCUT2D eigenvalue weighted by Gasteiger charge is 2.14. The Hall–Kier alpha value is -3.80. The topological polar surface area (TPSA) is 84.9 Å². The summed E-state index contributed by atoms with van der Waals surface area (Å²) in [5, 5.41) is 11.7. The van der Waals surface area contributed by atoms with Gasteiger partial charge in [0.2, 0.25) is 0 Å². The Balaban J connectivity index is 1.75. The summed E-state index contributed by atoms with van der Waals surface area (Å²) in [7, 11) is 0. The SMILES string of the molecule is O=C(Nc1cc(C(=O)O)ccc1Oc1ccccc1)OCc1ccccc1. The minimum absolute atomic E-state index is 0.0220. The third-order valence-corrected chi connectivity index (χ3v) is 3.65. The quantitative estimate of drug-likeness (QED) is 0.649. The van der Waals surface area contributed by atoms with E-state index in [0.717, 1.165) is 5.56 Å². The van der Waals surface area contributed by atoms with Gasteiger partial charge in [-0.2, -0.15) is 0 Å². The normalized spacial score (nSPS) is 10.1. The van der Waals surface area contributed by atoms with Gasteiger partial charge in [0.1, 0.15) is 12.4 Å². The van der Waals surface area contributed by atoms with Gasteiger partial charge >= 0.3 is 12.1 Å². The summed E-state index contributed by atoms with van der Waals surface area (Å²) in [6.07, 6.45) is -0.709. The van der Waals surface area contributed by atoms with Crippen molar-refractivity contribution in [2.75, 3.05) is 5.32 Å². The molecule has 3 aromatic rings. The lowest BCUT2D eigenvalue weighted by Gasteiger charge is -2.13. The van der Waals surface area contributed by atoms with Crippen LogP contribution in [-0.4, -0.2) is 17.2 Å². The number of anilines is 1. The second kappa shape index (κ2) is 8.53. The van der Waals surface area contributed by atoms with Gasteiger partial charge in [-0.25, -0.2) is 9.59 Å². The largest absolute Gasteiger partial charge is 0.478 e. The zero-order valence-corrected chi connectivity index (χ0v) is 14.3. The van der Waals surface area contributed by atoms with Gasteiger partial charge in [-0.1, -0.05) is 48.5 Å². The standard InChI is InChI=1S/C21H17NO5/c23-20(24)16-11-12-19(27-17-9-5-2-6-10-17)18(13-16)22-21(25)26-14-15-7-3-1-4-8-15/h1-13H,14H2,(H,22,25)(H,23,24). The number of nitrogens with one attached hydrogen (secondary N) is 1. The number of carboxylic acid groups (broad SMARTS) is 1. The lowest BCUT2D eigenvalue weighted by Crippen LogP contribution is -2.14. The lowest BCUT2D eigenvalue weighted by molar-refractivity contribution is 0.0696. The van der Waals surface area contributed by atoms with E-state index in [2.05, 4.69) is 5.32 Å². The first-order chi connectivity index (χ1) is 13.1. The van der Waals surface area contributed by atoms with E-state index in [-0.39, 0.29) is 17.9 Å². The van der Waals surface area contributed by atoms with E-state index < -0.39 is 12.1 Å². The first kappa shape index (κ1) is 18.0. The van der Waals surface area contributed by atoms with Crippen LogP contribution in [0.4, 0.5) is 10.5 Å². The van der Waals surface area contributed by atoms with Crippen LogP contribution < -0.4 is 10.1 Å². The van der Waals surface area contributed by atoms with E-state index in [4.69, 9.17) is 9.47 Å². The second-order valence-corrected chi connectivity index (χ2v) is 5.62. The number of amides is 1. The molecule has 0 fully saturated rings. The maximum Gasteiger partial charge on any atom is 0.412 e. The minimum Gasteiger partial charge on any atom is -0.478 e. The van der Waals surface area contributed by atoms with Crippen LogP contribution in [0.2, 0.25) is 0 Å². The number of benzene rings is 3. The van der Waals surface area contributed by atoms with Crippen LogP contribution in [0.3, 0.4) is 0 Å². The van der Waals surface area contributed by atoms with Crippen molar-refractivity contribution in [2.24, 2.45) is 0 Å². The van der Waals surface area contributed by atoms with Crippen LogP contribution in [0, 0.1) is 0 Å². The summed E-state index contributed by atoms with van der Waals surface area (Å²) in [5.74, 6) is -0.244. The molecule has 0 saturated heterocycles. The van der Waals surface area contributed by atoms with Crippen LogP contribution in [-0.2, 0) is 11.3 Å². The maximum atomic E-state index is 12.1. The monoisotopic (exact) mass is 363 g/mol. The molecule has 3 rings (SSSR count). The Kier molecular flexibility index (Phi) is 5.69. The number of carbonyl (C=O) groups is 2. The van der Waals surface area contributed by atoms with Crippen molar-refractivity contribution in [1.29, 1.82) is 0 Å². The molecule has 0 aliphatic carbocycles. The van der Waals surface area contributed by atoms with Crippen molar-refractivity contribution in [1.82, 2.24) is 0 Å². The predicted octanol–water partition coefficient (Wildman–Crippen LogP) is 4.93. The van der Waals surface area contributed by atoms with Gasteiger partial charge in [-0.05, 0) is 35.9 Å². The second-order valence-electron chi connectivity index (χ2n) is 5.62. The molecule has 0 aliphatic heterocycles. The summed E-state index contributed by atoms with van der Waals surface area (Å²) in [6, 6.07) is 22.4. The number of aromatic carboxylic acids is 1. The number of hydrogen-bond acceptors (Lipinski definition) is 4. The van der Waals surface area contributed by atoms with E-state index in [1.54, 1.807) is 12.1 Å². The van der Waals surface area contributed by atoms with Gasteiger partial charge < -0.3 is 14.6 Å². The molecule has 6 nitrogen and oxygen atoms in total.